The van der Waals surface area contributed by atoms with Crippen LogP contribution in [0.4, 0.5) is 5.69 Å². The van der Waals surface area contributed by atoms with Gasteiger partial charge in [-0.15, -0.1) is 0 Å². The first kappa shape index (κ1) is 22.9. The van der Waals surface area contributed by atoms with Crippen LogP contribution in [0.15, 0.2) is 46.5 Å². The normalized spacial score (nSPS) is 15.1. The zero-order chi connectivity index (χ0) is 22.7. The second-order valence-corrected chi connectivity index (χ2v) is 10.3. The number of methoxy groups -OCH3 is 1. The van der Waals surface area contributed by atoms with Crippen LogP contribution >= 0.6 is 23.4 Å². The van der Waals surface area contributed by atoms with Crippen LogP contribution in [0.5, 0.6) is 5.75 Å². The van der Waals surface area contributed by atoms with E-state index in [4.69, 9.17) is 21.1 Å². The number of halogens is 1. The topological polar surface area (TPSA) is 114 Å². The third-order valence-electron chi connectivity index (χ3n) is 4.82. The van der Waals surface area contributed by atoms with Crippen molar-refractivity contribution in [3.8, 4) is 5.75 Å². The predicted octanol–water partition coefficient (Wildman–Crippen LogP) is 2.98. The molecule has 0 bridgehead atoms. The Morgan fingerprint density at radius 3 is 2.81 bits per heavy atom. The van der Waals surface area contributed by atoms with Crippen LogP contribution in [-0.4, -0.2) is 67.8 Å². The van der Waals surface area contributed by atoms with Gasteiger partial charge in [-0.1, -0.05) is 23.4 Å². The standard InChI is InChI=1S/C20H21ClN4O5S2/c1-29-18-5-3-14(32(27,28)25-6-8-30-9-7-25)11-17(18)22-19(26)12-31-20-23-15-4-2-13(21)10-16(15)24-20/h2-5,10-11H,6-9,12H2,1H3,(H,22,26)(H,23,24). The number of imidazole rings is 1. The van der Waals surface area contributed by atoms with Gasteiger partial charge in [-0.05, 0) is 36.4 Å². The molecule has 2 heterocycles. The molecule has 2 aromatic carbocycles. The Labute approximate surface area is 194 Å². The van der Waals surface area contributed by atoms with Crippen molar-refractivity contribution in [3.05, 3.63) is 41.4 Å². The molecule has 170 valence electrons. The number of anilines is 1. The van der Waals surface area contributed by atoms with E-state index in [1.807, 2.05) is 0 Å². The maximum absolute atomic E-state index is 12.9. The van der Waals surface area contributed by atoms with E-state index < -0.39 is 10.0 Å². The van der Waals surface area contributed by atoms with Gasteiger partial charge in [0.2, 0.25) is 15.9 Å². The number of carbonyl (C=O) groups is 1. The molecule has 1 aliphatic rings. The summed E-state index contributed by atoms with van der Waals surface area (Å²) in [5.41, 5.74) is 1.81. The second-order valence-electron chi connectivity index (χ2n) is 6.92. The van der Waals surface area contributed by atoms with Crippen LogP contribution < -0.4 is 10.1 Å². The van der Waals surface area contributed by atoms with Crippen LogP contribution in [0.2, 0.25) is 5.02 Å². The van der Waals surface area contributed by atoms with E-state index in [0.29, 0.717) is 29.1 Å². The van der Waals surface area contributed by atoms with Crippen LogP contribution in [-0.2, 0) is 19.6 Å². The van der Waals surface area contributed by atoms with E-state index in [1.165, 1.54) is 41.4 Å². The van der Waals surface area contributed by atoms with Gasteiger partial charge in [0.05, 0.1) is 47.7 Å². The van der Waals surface area contributed by atoms with Gasteiger partial charge < -0.3 is 19.8 Å². The summed E-state index contributed by atoms with van der Waals surface area (Å²) in [4.78, 5) is 20.2. The Bertz CT molecular complexity index is 1240. The number of ether oxygens (including phenoxy) is 2. The van der Waals surface area contributed by atoms with Gasteiger partial charge >= 0.3 is 0 Å². The first-order valence-electron chi connectivity index (χ1n) is 9.70. The molecule has 2 N–H and O–H groups in total. The summed E-state index contributed by atoms with van der Waals surface area (Å²) in [6.45, 7) is 1.28. The highest BCUT2D eigenvalue weighted by molar-refractivity contribution is 7.99. The Hall–Kier alpha value is -2.31. The molecule has 1 fully saturated rings. The summed E-state index contributed by atoms with van der Waals surface area (Å²) in [6, 6.07) is 9.71. The minimum Gasteiger partial charge on any atom is -0.495 e. The fourth-order valence-corrected chi connectivity index (χ4v) is 5.52. The first-order chi connectivity index (χ1) is 15.4. The lowest BCUT2D eigenvalue weighted by molar-refractivity contribution is -0.113. The van der Waals surface area contributed by atoms with Crippen molar-refractivity contribution in [1.82, 2.24) is 14.3 Å². The minimum absolute atomic E-state index is 0.0666. The average molecular weight is 497 g/mol. The first-order valence-corrected chi connectivity index (χ1v) is 12.5. The largest absolute Gasteiger partial charge is 0.495 e. The van der Waals surface area contributed by atoms with E-state index in [1.54, 1.807) is 18.2 Å². The highest BCUT2D eigenvalue weighted by Gasteiger charge is 2.27. The van der Waals surface area contributed by atoms with E-state index in [-0.39, 0.29) is 35.3 Å². The maximum Gasteiger partial charge on any atom is 0.243 e. The van der Waals surface area contributed by atoms with Crippen LogP contribution in [0.25, 0.3) is 11.0 Å². The molecule has 0 atom stereocenters. The number of fused-ring (bicyclic) bond motifs is 1. The molecular weight excluding hydrogens is 476 g/mol. The Kier molecular flexibility index (Phi) is 6.91. The molecule has 3 aromatic rings. The molecule has 12 heteroatoms. The molecule has 1 aliphatic heterocycles. The molecule has 1 amide bonds. The molecule has 0 saturated carbocycles. The molecule has 0 spiro atoms. The smallest absolute Gasteiger partial charge is 0.243 e. The van der Waals surface area contributed by atoms with Crippen LogP contribution in [0.1, 0.15) is 0 Å². The highest BCUT2D eigenvalue weighted by atomic mass is 35.5. The van der Waals surface area contributed by atoms with Crippen molar-refractivity contribution < 1.29 is 22.7 Å². The number of carbonyl (C=O) groups excluding carboxylic acids is 1. The number of H-pyrrole nitrogens is 1. The molecule has 1 saturated heterocycles. The number of amides is 1. The van der Waals surface area contributed by atoms with Crippen molar-refractivity contribution in [2.75, 3.05) is 44.5 Å². The van der Waals surface area contributed by atoms with Gasteiger partial charge in [0.1, 0.15) is 5.75 Å². The number of benzene rings is 2. The SMILES string of the molecule is COc1ccc(S(=O)(=O)N2CCOCC2)cc1NC(=O)CSc1nc2ccc(Cl)cc2[nH]1. The summed E-state index contributed by atoms with van der Waals surface area (Å²) >= 11 is 7.21. The molecule has 1 aromatic heterocycles. The van der Waals surface area contributed by atoms with E-state index in [2.05, 4.69) is 15.3 Å². The zero-order valence-electron chi connectivity index (χ0n) is 17.1. The van der Waals surface area contributed by atoms with Gasteiger partial charge in [-0.3, -0.25) is 4.79 Å². The summed E-state index contributed by atoms with van der Waals surface area (Å²) in [7, 11) is -2.25. The Morgan fingerprint density at radius 2 is 2.06 bits per heavy atom. The van der Waals surface area contributed by atoms with Gasteiger partial charge in [-0.2, -0.15) is 4.31 Å². The third kappa shape index (κ3) is 5.02. The lowest BCUT2D eigenvalue weighted by Crippen LogP contribution is -2.40. The van der Waals surface area contributed by atoms with Crippen molar-refractivity contribution in [3.63, 3.8) is 0 Å². The third-order valence-corrected chi connectivity index (χ3v) is 7.82. The minimum atomic E-state index is -3.70. The predicted molar refractivity (Wildman–Crippen MR) is 123 cm³/mol. The van der Waals surface area contributed by atoms with Crippen molar-refractivity contribution in [2.24, 2.45) is 0 Å². The number of aromatic nitrogens is 2. The number of sulfonamides is 1. The maximum atomic E-state index is 12.9. The molecule has 0 unspecified atom stereocenters. The van der Waals surface area contributed by atoms with E-state index in [9.17, 15) is 13.2 Å². The van der Waals surface area contributed by atoms with Gasteiger partial charge in [0, 0.05) is 18.1 Å². The number of hydrogen-bond acceptors (Lipinski definition) is 7. The Morgan fingerprint density at radius 1 is 1.28 bits per heavy atom. The van der Waals surface area contributed by atoms with Gasteiger partial charge in [0.25, 0.3) is 0 Å². The lowest BCUT2D eigenvalue weighted by atomic mass is 10.3. The number of hydrogen-bond donors (Lipinski definition) is 2. The fourth-order valence-electron chi connectivity index (χ4n) is 3.23. The van der Waals surface area contributed by atoms with Crippen molar-refractivity contribution in [1.29, 1.82) is 0 Å². The molecule has 4 rings (SSSR count). The number of morpholine rings is 1. The Balaban J connectivity index is 1.47. The van der Waals surface area contributed by atoms with Crippen LogP contribution in [0.3, 0.4) is 0 Å². The number of thioether (sulfide) groups is 1. The zero-order valence-corrected chi connectivity index (χ0v) is 19.5. The van der Waals surface area contributed by atoms with E-state index in [0.717, 1.165) is 11.0 Å². The van der Waals surface area contributed by atoms with E-state index >= 15 is 0 Å². The summed E-state index contributed by atoms with van der Waals surface area (Å²) < 4.78 is 37.8. The number of rotatable bonds is 7. The quantitative estimate of drug-likeness (QED) is 0.483. The van der Waals surface area contributed by atoms with Gasteiger partial charge in [0.15, 0.2) is 5.16 Å². The summed E-state index contributed by atoms with van der Waals surface area (Å²) in [6.07, 6.45) is 0. The highest BCUT2D eigenvalue weighted by Crippen LogP contribution is 2.30. The number of aromatic amines is 1. The summed E-state index contributed by atoms with van der Waals surface area (Å²) in [5, 5.41) is 3.90. The fraction of sp³-hybridized carbons (Fsp3) is 0.300. The molecule has 9 nitrogen and oxygen atoms in total. The molecule has 32 heavy (non-hydrogen) atoms. The van der Waals surface area contributed by atoms with Gasteiger partial charge in [-0.25, -0.2) is 13.4 Å². The summed E-state index contributed by atoms with van der Waals surface area (Å²) in [5.74, 6) is 0.104. The lowest BCUT2D eigenvalue weighted by Gasteiger charge is -2.26. The van der Waals surface area contributed by atoms with Crippen molar-refractivity contribution in [2.45, 2.75) is 10.1 Å². The average Bonchev–Trinajstić information content (AvgIpc) is 3.20. The number of nitrogens with one attached hydrogen (secondary N) is 2. The second kappa shape index (κ2) is 9.67. The van der Waals surface area contributed by atoms with Crippen LogP contribution in [0, 0.1) is 0 Å². The van der Waals surface area contributed by atoms with Crippen molar-refractivity contribution >= 4 is 56.0 Å². The molecular formula is C20H21ClN4O5S2. The molecule has 0 radical (unpaired) electrons. The number of nitrogens with zero attached hydrogens (tertiary/aromatic N) is 2. The molecule has 0 aliphatic carbocycles. The monoisotopic (exact) mass is 496 g/mol.